The van der Waals surface area contributed by atoms with Gasteiger partial charge in [-0.15, -0.1) is 24.0 Å². The van der Waals surface area contributed by atoms with Crippen LogP contribution in [-0.2, 0) is 11.3 Å². The molecule has 0 atom stereocenters. The lowest BCUT2D eigenvalue weighted by Crippen LogP contribution is -2.38. The van der Waals surface area contributed by atoms with Gasteiger partial charge in [-0.25, -0.2) is 9.98 Å². The Morgan fingerprint density at radius 1 is 1.16 bits per heavy atom. The number of rotatable bonds is 11. The maximum atomic E-state index is 5.57. The van der Waals surface area contributed by atoms with Gasteiger partial charge in [0.1, 0.15) is 5.82 Å². The van der Waals surface area contributed by atoms with Crippen molar-refractivity contribution in [3.05, 3.63) is 23.9 Å². The molecular weight excluding hydrogens is 429 g/mol. The maximum absolute atomic E-state index is 5.57. The lowest BCUT2D eigenvalue weighted by atomic mass is 10.3. The first-order chi connectivity index (χ1) is 11.7. The Labute approximate surface area is 169 Å². The SMILES string of the molecule is CCCCOCCCNC(=NCc1cccc(N(C)C)n1)NCC.I. The Balaban J connectivity index is 0.00000576. The van der Waals surface area contributed by atoms with Crippen LogP contribution < -0.4 is 15.5 Å². The molecule has 1 rings (SSSR count). The van der Waals surface area contributed by atoms with Gasteiger partial charge < -0.3 is 20.3 Å². The summed E-state index contributed by atoms with van der Waals surface area (Å²) >= 11 is 0. The van der Waals surface area contributed by atoms with Gasteiger partial charge in [0, 0.05) is 40.4 Å². The van der Waals surface area contributed by atoms with Gasteiger partial charge in [-0.1, -0.05) is 19.4 Å². The number of hydrogen-bond donors (Lipinski definition) is 2. The van der Waals surface area contributed by atoms with E-state index >= 15 is 0 Å². The van der Waals surface area contributed by atoms with E-state index in [9.17, 15) is 0 Å². The van der Waals surface area contributed by atoms with Crippen LogP contribution in [0.5, 0.6) is 0 Å². The standard InChI is InChI=1S/C18H33N5O.HI/c1-5-7-13-24-14-9-12-20-18(19-6-2)21-15-16-10-8-11-17(22-16)23(3)4;/h8,10-11H,5-7,9,12-15H2,1-4H3,(H2,19,20,21);1H. The average molecular weight is 463 g/mol. The first-order valence-corrected chi connectivity index (χ1v) is 8.90. The molecule has 2 N–H and O–H groups in total. The molecule has 25 heavy (non-hydrogen) atoms. The zero-order chi connectivity index (χ0) is 17.6. The van der Waals surface area contributed by atoms with Crippen LogP contribution in [0.25, 0.3) is 0 Å². The smallest absolute Gasteiger partial charge is 0.191 e. The van der Waals surface area contributed by atoms with Crippen molar-refractivity contribution in [3.8, 4) is 0 Å². The summed E-state index contributed by atoms with van der Waals surface area (Å²) in [6.07, 6.45) is 3.29. The molecule has 7 heteroatoms. The second-order valence-electron chi connectivity index (χ2n) is 5.82. The molecule has 0 fully saturated rings. The van der Waals surface area contributed by atoms with E-state index in [4.69, 9.17) is 4.74 Å². The summed E-state index contributed by atoms with van der Waals surface area (Å²) in [5.41, 5.74) is 0.960. The largest absolute Gasteiger partial charge is 0.381 e. The minimum absolute atomic E-state index is 0. The quantitative estimate of drug-likeness (QED) is 0.229. The lowest BCUT2D eigenvalue weighted by Gasteiger charge is -2.13. The Bertz CT molecular complexity index is 482. The van der Waals surface area contributed by atoms with E-state index in [1.165, 1.54) is 6.42 Å². The summed E-state index contributed by atoms with van der Waals surface area (Å²) in [7, 11) is 3.98. The number of guanidine groups is 1. The third-order valence-corrected chi connectivity index (χ3v) is 3.39. The normalized spacial score (nSPS) is 11.0. The molecule has 0 aliphatic heterocycles. The lowest BCUT2D eigenvalue weighted by molar-refractivity contribution is 0.129. The van der Waals surface area contributed by atoms with E-state index in [0.717, 1.165) is 56.6 Å². The molecule has 0 aromatic carbocycles. The van der Waals surface area contributed by atoms with Gasteiger partial charge >= 0.3 is 0 Å². The van der Waals surface area contributed by atoms with E-state index in [1.807, 2.05) is 37.2 Å². The Morgan fingerprint density at radius 2 is 1.92 bits per heavy atom. The van der Waals surface area contributed by atoms with Crippen LogP contribution in [0.3, 0.4) is 0 Å². The van der Waals surface area contributed by atoms with Crippen molar-refractivity contribution in [2.45, 2.75) is 39.7 Å². The third-order valence-electron chi connectivity index (χ3n) is 3.39. The van der Waals surface area contributed by atoms with Crippen LogP contribution in [0, 0.1) is 0 Å². The van der Waals surface area contributed by atoms with Crippen molar-refractivity contribution in [2.24, 2.45) is 4.99 Å². The predicted molar refractivity (Wildman–Crippen MR) is 117 cm³/mol. The highest BCUT2D eigenvalue weighted by Gasteiger charge is 2.01. The van der Waals surface area contributed by atoms with E-state index in [0.29, 0.717) is 6.54 Å². The molecule has 0 aliphatic carbocycles. The second kappa shape index (κ2) is 15.2. The molecule has 1 aromatic rings. The highest BCUT2D eigenvalue weighted by atomic mass is 127. The molecule has 0 spiro atoms. The van der Waals surface area contributed by atoms with Crippen LogP contribution in [0.15, 0.2) is 23.2 Å². The highest BCUT2D eigenvalue weighted by Crippen LogP contribution is 2.08. The van der Waals surface area contributed by atoms with E-state index in [1.54, 1.807) is 0 Å². The zero-order valence-electron chi connectivity index (χ0n) is 16.0. The first kappa shape index (κ1) is 23.9. The number of aliphatic imine (C=N–C) groups is 1. The van der Waals surface area contributed by atoms with Gasteiger partial charge in [-0.3, -0.25) is 0 Å². The van der Waals surface area contributed by atoms with Crippen molar-refractivity contribution in [2.75, 3.05) is 45.3 Å². The predicted octanol–water partition coefficient (Wildman–Crippen LogP) is 3.03. The molecule has 0 aliphatic rings. The number of nitrogens with one attached hydrogen (secondary N) is 2. The summed E-state index contributed by atoms with van der Waals surface area (Å²) in [5.74, 6) is 1.77. The van der Waals surface area contributed by atoms with Crippen molar-refractivity contribution in [1.29, 1.82) is 0 Å². The number of ether oxygens (including phenoxy) is 1. The first-order valence-electron chi connectivity index (χ1n) is 8.90. The van der Waals surface area contributed by atoms with Crippen LogP contribution in [-0.4, -0.2) is 51.3 Å². The molecule has 6 nitrogen and oxygen atoms in total. The summed E-state index contributed by atoms with van der Waals surface area (Å²) < 4.78 is 5.57. The van der Waals surface area contributed by atoms with Crippen LogP contribution >= 0.6 is 24.0 Å². The number of hydrogen-bond acceptors (Lipinski definition) is 4. The summed E-state index contributed by atoms with van der Waals surface area (Å²) in [4.78, 5) is 11.2. The molecule has 0 saturated heterocycles. The minimum atomic E-state index is 0. The molecule has 144 valence electrons. The highest BCUT2D eigenvalue weighted by molar-refractivity contribution is 14.0. The van der Waals surface area contributed by atoms with Crippen molar-refractivity contribution < 1.29 is 4.74 Å². The van der Waals surface area contributed by atoms with E-state index in [-0.39, 0.29) is 24.0 Å². The molecule has 0 amide bonds. The van der Waals surface area contributed by atoms with Crippen molar-refractivity contribution >= 4 is 35.8 Å². The van der Waals surface area contributed by atoms with Crippen LogP contribution in [0.1, 0.15) is 38.8 Å². The van der Waals surface area contributed by atoms with Gasteiger partial charge in [-0.05, 0) is 31.9 Å². The number of nitrogens with zero attached hydrogens (tertiary/aromatic N) is 3. The van der Waals surface area contributed by atoms with Crippen molar-refractivity contribution in [1.82, 2.24) is 15.6 Å². The summed E-state index contributed by atoms with van der Waals surface area (Å²) in [6.45, 7) is 8.14. The fourth-order valence-corrected chi connectivity index (χ4v) is 2.04. The second-order valence-corrected chi connectivity index (χ2v) is 5.82. The molecule has 0 unspecified atom stereocenters. The number of unbranched alkanes of at least 4 members (excludes halogenated alkanes) is 1. The van der Waals surface area contributed by atoms with Crippen LogP contribution in [0.4, 0.5) is 5.82 Å². The summed E-state index contributed by atoms with van der Waals surface area (Å²) in [6, 6.07) is 6.01. The third kappa shape index (κ3) is 11.2. The fraction of sp³-hybridized carbons (Fsp3) is 0.667. The average Bonchev–Trinajstić information content (AvgIpc) is 2.59. The van der Waals surface area contributed by atoms with Gasteiger partial charge in [0.05, 0.1) is 12.2 Å². The number of pyridine rings is 1. The molecule has 0 radical (unpaired) electrons. The Morgan fingerprint density at radius 3 is 2.60 bits per heavy atom. The Kier molecular flexibility index (Phi) is 14.5. The molecule has 1 heterocycles. The van der Waals surface area contributed by atoms with Gasteiger partial charge in [0.25, 0.3) is 0 Å². The van der Waals surface area contributed by atoms with Gasteiger partial charge in [0.2, 0.25) is 0 Å². The minimum Gasteiger partial charge on any atom is -0.381 e. The number of halogens is 1. The fourth-order valence-electron chi connectivity index (χ4n) is 2.04. The zero-order valence-corrected chi connectivity index (χ0v) is 18.4. The van der Waals surface area contributed by atoms with E-state index in [2.05, 4.69) is 34.5 Å². The molecular formula is C18H34IN5O. The summed E-state index contributed by atoms with van der Waals surface area (Å²) in [5, 5.41) is 6.60. The molecule has 0 bridgehead atoms. The molecule has 0 saturated carbocycles. The van der Waals surface area contributed by atoms with Gasteiger partial charge in [-0.2, -0.15) is 0 Å². The topological polar surface area (TPSA) is 61.8 Å². The van der Waals surface area contributed by atoms with Gasteiger partial charge in [0.15, 0.2) is 5.96 Å². The number of anilines is 1. The Hall–Kier alpha value is -1.09. The number of aromatic nitrogens is 1. The maximum Gasteiger partial charge on any atom is 0.191 e. The van der Waals surface area contributed by atoms with Crippen LogP contribution in [0.2, 0.25) is 0 Å². The molecule has 1 aromatic heterocycles. The van der Waals surface area contributed by atoms with Crippen molar-refractivity contribution in [3.63, 3.8) is 0 Å². The van der Waals surface area contributed by atoms with E-state index < -0.39 is 0 Å². The monoisotopic (exact) mass is 463 g/mol.